The van der Waals surface area contributed by atoms with Crippen molar-refractivity contribution >= 4 is 17.9 Å². The fourth-order valence-corrected chi connectivity index (χ4v) is 6.65. The zero-order valence-electron chi connectivity index (χ0n) is 44.2. The average molecular weight is 961 g/mol. The summed E-state index contributed by atoms with van der Waals surface area (Å²) in [5, 5.41) is 9.68. The van der Waals surface area contributed by atoms with Crippen molar-refractivity contribution in [2.24, 2.45) is 0 Å². The lowest BCUT2D eigenvalue weighted by molar-refractivity contribution is -0.870. The Morgan fingerprint density at radius 2 is 0.783 bits per heavy atom. The molecule has 0 aromatic heterocycles. The van der Waals surface area contributed by atoms with Crippen molar-refractivity contribution in [3.8, 4) is 0 Å². The number of carbonyl (C=O) groups excluding carboxylic acids is 2. The summed E-state index contributed by atoms with van der Waals surface area (Å²) in [4.78, 5) is 37.3. The van der Waals surface area contributed by atoms with Gasteiger partial charge in [0.15, 0.2) is 6.10 Å². The summed E-state index contributed by atoms with van der Waals surface area (Å²) in [5.74, 6) is -2.07. The second kappa shape index (κ2) is 50.1. The smallest absolute Gasteiger partial charge is 0.361 e. The highest BCUT2D eigenvalue weighted by Gasteiger charge is 2.25. The largest absolute Gasteiger partial charge is 0.477 e. The fourth-order valence-electron chi connectivity index (χ4n) is 6.65. The molecule has 0 spiro atoms. The van der Waals surface area contributed by atoms with Crippen molar-refractivity contribution in [2.45, 2.75) is 193 Å². The summed E-state index contributed by atoms with van der Waals surface area (Å²) in [7, 11) is 5.94. The highest BCUT2D eigenvalue weighted by atomic mass is 16.7. The zero-order chi connectivity index (χ0) is 50.6. The van der Waals surface area contributed by atoms with Crippen molar-refractivity contribution in [3.63, 3.8) is 0 Å². The number of ether oxygens (including phenoxy) is 4. The Morgan fingerprint density at radius 3 is 1.17 bits per heavy atom. The lowest BCUT2D eigenvalue weighted by atomic mass is 10.1. The van der Waals surface area contributed by atoms with Crippen molar-refractivity contribution in [3.05, 3.63) is 122 Å². The first kappa shape index (κ1) is 64.7. The van der Waals surface area contributed by atoms with Gasteiger partial charge in [0.25, 0.3) is 6.29 Å². The van der Waals surface area contributed by atoms with Gasteiger partial charge >= 0.3 is 17.9 Å². The molecule has 390 valence electrons. The van der Waals surface area contributed by atoms with Gasteiger partial charge < -0.3 is 28.5 Å². The Bertz CT molecular complexity index is 1540. The summed E-state index contributed by atoms with van der Waals surface area (Å²) in [6.45, 7) is 4.58. The van der Waals surface area contributed by atoms with Crippen LogP contribution in [0.1, 0.15) is 181 Å². The summed E-state index contributed by atoms with van der Waals surface area (Å²) >= 11 is 0. The van der Waals surface area contributed by atoms with Gasteiger partial charge in [-0.15, -0.1) is 0 Å². The lowest BCUT2D eigenvalue weighted by Gasteiger charge is -2.25. The number of hydrogen-bond donors (Lipinski definition) is 1. The van der Waals surface area contributed by atoms with E-state index in [1.165, 1.54) is 32.1 Å². The van der Waals surface area contributed by atoms with Crippen LogP contribution in [-0.2, 0) is 33.3 Å². The monoisotopic (exact) mass is 961 g/mol. The third kappa shape index (κ3) is 51.4. The van der Waals surface area contributed by atoms with E-state index in [4.69, 9.17) is 18.9 Å². The third-order valence-electron chi connectivity index (χ3n) is 10.7. The Labute approximate surface area is 421 Å². The number of carboxylic acid groups (broad SMARTS) is 1. The molecule has 2 atom stereocenters. The predicted molar refractivity (Wildman–Crippen MR) is 290 cm³/mol. The van der Waals surface area contributed by atoms with Crippen LogP contribution in [0.3, 0.4) is 0 Å². The van der Waals surface area contributed by atoms with Crippen LogP contribution in [-0.4, -0.2) is 87.4 Å². The van der Waals surface area contributed by atoms with Crippen LogP contribution < -0.4 is 0 Å². The van der Waals surface area contributed by atoms with E-state index < -0.39 is 24.3 Å². The third-order valence-corrected chi connectivity index (χ3v) is 10.7. The van der Waals surface area contributed by atoms with E-state index >= 15 is 0 Å². The Morgan fingerprint density at radius 1 is 0.435 bits per heavy atom. The van der Waals surface area contributed by atoms with E-state index in [1.807, 2.05) is 21.1 Å². The number of carboxylic acids is 1. The van der Waals surface area contributed by atoms with Gasteiger partial charge in [0.1, 0.15) is 13.2 Å². The highest BCUT2D eigenvalue weighted by Crippen LogP contribution is 2.14. The molecule has 0 saturated carbocycles. The molecular weight excluding hydrogens is 863 g/mol. The Balaban J connectivity index is 4.40. The maximum Gasteiger partial charge on any atom is 0.361 e. The predicted octanol–water partition coefficient (Wildman–Crippen LogP) is 15.3. The quantitative estimate of drug-likeness (QED) is 0.0211. The number of hydrogen-bond acceptors (Lipinski definition) is 7. The van der Waals surface area contributed by atoms with E-state index in [0.717, 1.165) is 109 Å². The molecule has 0 aliphatic rings. The molecule has 0 radical (unpaired) electrons. The molecule has 9 heteroatoms. The Hall–Kier alpha value is -4.31. The van der Waals surface area contributed by atoms with Crippen molar-refractivity contribution in [2.75, 3.05) is 47.5 Å². The summed E-state index contributed by atoms with van der Waals surface area (Å²) in [5.41, 5.74) is 0. The standard InChI is InChI=1S/C60H97NO8/c1-6-8-10-12-14-16-18-20-22-24-26-27-28-29-30-31-33-35-37-39-41-43-45-47-49-51-58(63)69-56(55-68-60(59(64)65)66-53-52-61(3,4)5)54-67-57(62)50-48-46-44-42-40-38-36-34-32-25-23-21-19-17-15-13-11-9-7-2/h8-11,14-17,20-23,26-27,29-30,32,34,38,40,56,60H,6-7,12-13,18-19,24-25,28,31,33,35-37,39,41-55H2,1-5H3/p+1/b10-8-,11-9-,16-14-,17-15-,22-20-,23-21-,27-26-,30-29-,34-32-,40-38-. The lowest BCUT2D eigenvalue weighted by Crippen LogP contribution is -2.40. The summed E-state index contributed by atoms with van der Waals surface area (Å²) in [6.07, 6.45) is 66.9. The molecule has 2 unspecified atom stereocenters. The van der Waals surface area contributed by atoms with Gasteiger partial charge in [0.2, 0.25) is 0 Å². The van der Waals surface area contributed by atoms with Gasteiger partial charge in [0.05, 0.1) is 34.4 Å². The van der Waals surface area contributed by atoms with Crippen LogP contribution >= 0.6 is 0 Å². The fraction of sp³-hybridized carbons (Fsp3) is 0.617. The number of carbonyl (C=O) groups is 3. The molecule has 0 aliphatic heterocycles. The van der Waals surface area contributed by atoms with Crippen molar-refractivity contribution in [1.82, 2.24) is 0 Å². The van der Waals surface area contributed by atoms with Crippen LogP contribution in [0.2, 0.25) is 0 Å². The summed E-state index contributed by atoms with van der Waals surface area (Å²) in [6, 6.07) is 0. The van der Waals surface area contributed by atoms with Gasteiger partial charge in [-0.3, -0.25) is 9.59 Å². The number of quaternary nitrogens is 1. The minimum atomic E-state index is -1.53. The van der Waals surface area contributed by atoms with Gasteiger partial charge in [-0.05, 0) is 103 Å². The van der Waals surface area contributed by atoms with Gasteiger partial charge in [0, 0.05) is 12.8 Å². The topological polar surface area (TPSA) is 108 Å². The molecule has 0 aromatic carbocycles. The molecule has 9 nitrogen and oxygen atoms in total. The van der Waals surface area contributed by atoms with E-state index in [9.17, 15) is 19.5 Å². The normalized spacial score (nSPS) is 13.8. The molecule has 1 N–H and O–H groups in total. The first-order chi connectivity index (χ1) is 33.6. The van der Waals surface area contributed by atoms with Crippen molar-refractivity contribution in [1.29, 1.82) is 0 Å². The number of likely N-dealkylation sites (N-methyl/N-ethyl adjacent to an activating group) is 1. The van der Waals surface area contributed by atoms with Gasteiger partial charge in [-0.1, -0.05) is 187 Å². The molecule has 0 aliphatic carbocycles. The second-order valence-corrected chi connectivity index (χ2v) is 18.4. The minimum absolute atomic E-state index is 0.173. The molecule has 69 heavy (non-hydrogen) atoms. The second-order valence-electron chi connectivity index (χ2n) is 18.4. The van der Waals surface area contributed by atoms with Gasteiger partial charge in [-0.2, -0.15) is 0 Å². The zero-order valence-corrected chi connectivity index (χ0v) is 44.2. The highest BCUT2D eigenvalue weighted by molar-refractivity contribution is 5.71. The molecule has 0 aromatic rings. The van der Waals surface area contributed by atoms with Crippen LogP contribution in [0.4, 0.5) is 0 Å². The van der Waals surface area contributed by atoms with E-state index in [1.54, 1.807) is 0 Å². The maximum atomic E-state index is 12.9. The molecule has 0 heterocycles. The molecule has 0 bridgehead atoms. The van der Waals surface area contributed by atoms with E-state index in [0.29, 0.717) is 23.9 Å². The number of esters is 2. The average Bonchev–Trinajstić information content (AvgIpc) is 3.31. The first-order valence-corrected chi connectivity index (χ1v) is 26.7. The van der Waals surface area contributed by atoms with Crippen LogP contribution in [0.25, 0.3) is 0 Å². The minimum Gasteiger partial charge on any atom is -0.477 e. The van der Waals surface area contributed by atoms with Crippen LogP contribution in [0.5, 0.6) is 0 Å². The molecule has 0 fully saturated rings. The number of nitrogens with zero attached hydrogens (tertiary/aromatic N) is 1. The number of unbranched alkanes of at least 4 members (excludes halogenated alkanes) is 12. The SMILES string of the molecule is CC/C=C\C/C=C\C/C=C\C/C=C\C/C=C\CCCCCCCCCCCC(=O)OC(COC(=O)CCCCC/C=C\C/C=C\C/C=C\C/C=C\C/C=C\CC)COC(OCC[N+](C)(C)C)C(=O)O. The van der Waals surface area contributed by atoms with Crippen LogP contribution in [0.15, 0.2) is 122 Å². The summed E-state index contributed by atoms with van der Waals surface area (Å²) < 4.78 is 22.8. The maximum absolute atomic E-state index is 12.9. The Kier molecular flexibility index (Phi) is 47.0. The molecular formula is C60H98NO8+. The molecule has 0 saturated heterocycles. The van der Waals surface area contributed by atoms with E-state index in [-0.39, 0.29) is 38.6 Å². The van der Waals surface area contributed by atoms with E-state index in [2.05, 4.69) is 135 Å². The number of rotatable bonds is 47. The van der Waals surface area contributed by atoms with Crippen LogP contribution in [0, 0.1) is 0 Å². The number of aliphatic carboxylic acids is 1. The molecule has 0 rings (SSSR count). The molecule has 0 amide bonds. The first-order valence-electron chi connectivity index (χ1n) is 26.7. The number of allylic oxidation sites excluding steroid dienone is 20. The van der Waals surface area contributed by atoms with Gasteiger partial charge in [-0.25, -0.2) is 4.79 Å². The van der Waals surface area contributed by atoms with Crippen molar-refractivity contribution < 1.29 is 42.9 Å².